The molecule has 0 saturated heterocycles. The van der Waals surface area contributed by atoms with Crippen LogP contribution >= 0.6 is 12.2 Å². The highest BCUT2D eigenvalue weighted by molar-refractivity contribution is 7.71. The van der Waals surface area contributed by atoms with Gasteiger partial charge >= 0.3 is 5.97 Å². The van der Waals surface area contributed by atoms with Gasteiger partial charge in [-0.1, -0.05) is 30.4 Å². The first-order chi connectivity index (χ1) is 10.2. The number of ether oxygens (including phenoxy) is 1. The topological polar surface area (TPSA) is 59.9 Å². The van der Waals surface area contributed by atoms with Crippen LogP contribution in [0.2, 0.25) is 0 Å². The predicted molar refractivity (Wildman–Crippen MR) is 82.2 cm³/mol. The Morgan fingerprint density at radius 2 is 2.14 bits per heavy atom. The first-order valence-electron chi connectivity index (χ1n) is 6.54. The third kappa shape index (κ3) is 2.45. The average Bonchev–Trinajstić information content (AvgIpc) is 2.93. The molecule has 0 atom stereocenters. The molecule has 1 aromatic carbocycles. The lowest BCUT2D eigenvalue weighted by atomic mass is 10.2. The predicted octanol–water partition coefficient (Wildman–Crippen LogP) is 3.26. The van der Waals surface area contributed by atoms with E-state index < -0.39 is 5.97 Å². The number of pyridine rings is 1. The van der Waals surface area contributed by atoms with Crippen LogP contribution in [0.3, 0.4) is 0 Å². The lowest BCUT2D eigenvalue weighted by molar-refractivity contribution is 0.0519. The van der Waals surface area contributed by atoms with Crippen molar-refractivity contribution in [2.24, 2.45) is 0 Å². The van der Waals surface area contributed by atoms with Gasteiger partial charge in [-0.25, -0.2) is 9.48 Å². The molecular formula is C15H13N3O2S. The highest BCUT2D eigenvalue weighted by Crippen LogP contribution is 2.20. The molecule has 0 aliphatic carbocycles. The normalized spacial score (nSPS) is 10.7. The number of fused-ring (bicyclic) bond motifs is 1. The standard InChI is InChI=1S/C15H13N3O2S/c1-2-20-15(19)12-8-13-11(14(21)17-12)9-16-18(13)10-6-4-3-5-7-10/h3-9H,2H2,1H3,(H,17,21). The Labute approximate surface area is 126 Å². The number of aromatic nitrogens is 3. The average molecular weight is 299 g/mol. The van der Waals surface area contributed by atoms with E-state index in [0.29, 0.717) is 16.9 Å². The molecule has 5 nitrogen and oxygen atoms in total. The number of benzene rings is 1. The largest absolute Gasteiger partial charge is 0.461 e. The van der Waals surface area contributed by atoms with Crippen LogP contribution in [0.5, 0.6) is 0 Å². The zero-order valence-electron chi connectivity index (χ0n) is 11.4. The summed E-state index contributed by atoms with van der Waals surface area (Å²) in [7, 11) is 0. The summed E-state index contributed by atoms with van der Waals surface area (Å²) in [6.45, 7) is 2.08. The van der Waals surface area contributed by atoms with E-state index in [1.54, 1.807) is 23.9 Å². The van der Waals surface area contributed by atoms with Gasteiger partial charge in [0.1, 0.15) is 10.3 Å². The summed E-state index contributed by atoms with van der Waals surface area (Å²) in [6, 6.07) is 11.4. The molecule has 2 heterocycles. The highest BCUT2D eigenvalue weighted by atomic mass is 32.1. The molecule has 0 aliphatic rings. The Hall–Kier alpha value is -2.47. The van der Waals surface area contributed by atoms with Crippen LogP contribution in [0.4, 0.5) is 0 Å². The van der Waals surface area contributed by atoms with Gasteiger partial charge in [0.15, 0.2) is 0 Å². The monoisotopic (exact) mass is 299 g/mol. The van der Waals surface area contributed by atoms with Crippen molar-refractivity contribution in [3.63, 3.8) is 0 Å². The number of para-hydroxylation sites is 1. The minimum atomic E-state index is -0.425. The summed E-state index contributed by atoms with van der Waals surface area (Å²) in [5, 5.41) is 5.14. The maximum absolute atomic E-state index is 11.9. The zero-order valence-corrected chi connectivity index (χ0v) is 12.2. The summed E-state index contributed by atoms with van der Waals surface area (Å²) in [5.74, 6) is -0.425. The maximum Gasteiger partial charge on any atom is 0.354 e. The number of aromatic amines is 1. The molecule has 6 heteroatoms. The van der Waals surface area contributed by atoms with Gasteiger partial charge in [-0.3, -0.25) is 0 Å². The molecule has 21 heavy (non-hydrogen) atoms. The number of hydrogen-bond acceptors (Lipinski definition) is 4. The first kappa shape index (κ1) is 13.5. The van der Waals surface area contributed by atoms with Gasteiger partial charge in [-0.15, -0.1) is 0 Å². The van der Waals surface area contributed by atoms with Crippen LogP contribution in [0.25, 0.3) is 16.6 Å². The highest BCUT2D eigenvalue weighted by Gasteiger charge is 2.13. The maximum atomic E-state index is 11.9. The number of rotatable bonds is 3. The van der Waals surface area contributed by atoms with Crippen molar-refractivity contribution in [1.82, 2.24) is 14.8 Å². The lowest BCUT2D eigenvalue weighted by Crippen LogP contribution is -2.07. The quantitative estimate of drug-likeness (QED) is 0.595. The second kappa shape index (κ2) is 5.49. The number of esters is 1. The third-order valence-electron chi connectivity index (χ3n) is 3.08. The van der Waals surface area contributed by atoms with Crippen molar-refractivity contribution in [2.75, 3.05) is 6.61 Å². The van der Waals surface area contributed by atoms with Crippen LogP contribution in [-0.4, -0.2) is 27.3 Å². The Morgan fingerprint density at radius 1 is 1.38 bits per heavy atom. The molecule has 0 aliphatic heterocycles. The first-order valence-corrected chi connectivity index (χ1v) is 6.95. The van der Waals surface area contributed by atoms with Crippen molar-refractivity contribution in [3.8, 4) is 5.69 Å². The number of nitrogens with zero attached hydrogens (tertiary/aromatic N) is 2. The van der Waals surface area contributed by atoms with Crippen molar-refractivity contribution in [3.05, 3.63) is 52.9 Å². The van der Waals surface area contributed by atoms with Crippen LogP contribution in [0, 0.1) is 4.64 Å². The number of nitrogens with one attached hydrogen (secondary N) is 1. The van der Waals surface area contributed by atoms with Gasteiger partial charge in [0.05, 0.1) is 29.4 Å². The minimum absolute atomic E-state index is 0.315. The van der Waals surface area contributed by atoms with E-state index in [4.69, 9.17) is 17.0 Å². The lowest BCUT2D eigenvalue weighted by Gasteiger charge is -2.05. The van der Waals surface area contributed by atoms with Crippen molar-refractivity contribution < 1.29 is 9.53 Å². The molecule has 1 N–H and O–H groups in total. The van der Waals surface area contributed by atoms with E-state index in [1.807, 2.05) is 30.3 Å². The zero-order chi connectivity index (χ0) is 14.8. The van der Waals surface area contributed by atoms with Gasteiger partial charge in [-0.05, 0) is 25.1 Å². The molecule has 0 amide bonds. The summed E-state index contributed by atoms with van der Waals surface area (Å²) in [5.41, 5.74) is 2.00. The number of H-pyrrole nitrogens is 1. The fourth-order valence-corrected chi connectivity index (χ4v) is 2.40. The molecule has 0 fully saturated rings. The molecule has 0 spiro atoms. The molecule has 3 rings (SSSR count). The van der Waals surface area contributed by atoms with E-state index in [-0.39, 0.29) is 0 Å². The van der Waals surface area contributed by atoms with E-state index in [9.17, 15) is 4.79 Å². The van der Waals surface area contributed by atoms with Gasteiger partial charge in [0.2, 0.25) is 0 Å². The summed E-state index contributed by atoms with van der Waals surface area (Å²) >= 11 is 5.29. The molecule has 0 bridgehead atoms. The molecule has 0 unspecified atom stereocenters. The number of carbonyl (C=O) groups excluding carboxylic acids is 1. The summed E-state index contributed by atoms with van der Waals surface area (Å²) in [6.07, 6.45) is 1.69. The third-order valence-corrected chi connectivity index (χ3v) is 3.40. The smallest absolute Gasteiger partial charge is 0.354 e. The van der Waals surface area contributed by atoms with Crippen molar-refractivity contribution >= 4 is 29.1 Å². The Morgan fingerprint density at radius 3 is 2.86 bits per heavy atom. The minimum Gasteiger partial charge on any atom is -0.461 e. The fourth-order valence-electron chi connectivity index (χ4n) is 2.13. The Kier molecular flexibility index (Phi) is 3.53. The Balaban J connectivity index is 2.20. The van der Waals surface area contributed by atoms with Crippen LogP contribution < -0.4 is 0 Å². The van der Waals surface area contributed by atoms with Crippen LogP contribution in [0.15, 0.2) is 42.6 Å². The van der Waals surface area contributed by atoms with Crippen molar-refractivity contribution in [1.29, 1.82) is 0 Å². The molecule has 3 aromatic rings. The molecule has 0 radical (unpaired) electrons. The van der Waals surface area contributed by atoms with E-state index >= 15 is 0 Å². The van der Waals surface area contributed by atoms with E-state index in [1.165, 1.54) is 0 Å². The molecular weight excluding hydrogens is 286 g/mol. The molecule has 2 aromatic heterocycles. The fraction of sp³-hybridized carbons (Fsp3) is 0.133. The van der Waals surface area contributed by atoms with E-state index in [0.717, 1.165) is 16.6 Å². The van der Waals surface area contributed by atoms with Crippen molar-refractivity contribution in [2.45, 2.75) is 6.92 Å². The van der Waals surface area contributed by atoms with Gasteiger partial charge < -0.3 is 9.72 Å². The van der Waals surface area contributed by atoms with Crippen LogP contribution in [0.1, 0.15) is 17.4 Å². The van der Waals surface area contributed by atoms with Gasteiger partial charge in [-0.2, -0.15) is 5.10 Å². The Bertz CT molecular complexity index is 852. The number of hydrogen-bond donors (Lipinski definition) is 1. The molecule has 0 saturated carbocycles. The number of carbonyl (C=O) groups is 1. The van der Waals surface area contributed by atoms with Gasteiger partial charge in [0, 0.05) is 0 Å². The van der Waals surface area contributed by atoms with Gasteiger partial charge in [0.25, 0.3) is 0 Å². The summed E-state index contributed by atoms with van der Waals surface area (Å²) in [4.78, 5) is 14.8. The second-order valence-corrected chi connectivity index (χ2v) is 4.83. The SMILES string of the molecule is CCOC(=O)c1cc2c(cnn2-c2ccccc2)c(=S)[nH]1. The van der Waals surface area contributed by atoms with E-state index in [2.05, 4.69) is 10.1 Å². The molecule has 106 valence electrons. The van der Waals surface area contributed by atoms with Crippen LogP contribution in [-0.2, 0) is 4.74 Å². The summed E-state index contributed by atoms with van der Waals surface area (Å²) < 4.78 is 7.23. The second-order valence-electron chi connectivity index (χ2n) is 4.42.